The molecule has 3 rings (SSSR count). The highest BCUT2D eigenvalue weighted by molar-refractivity contribution is 5.25. The maximum absolute atomic E-state index is 5.71. The van der Waals surface area contributed by atoms with Gasteiger partial charge in [-0.1, -0.05) is 0 Å². The van der Waals surface area contributed by atoms with Gasteiger partial charge in [0.15, 0.2) is 0 Å². The lowest BCUT2D eigenvalue weighted by atomic mass is 9.91. The van der Waals surface area contributed by atoms with Crippen molar-refractivity contribution >= 4 is 5.82 Å². The fourth-order valence-electron chi connectivity index (χ4n) is 2.80. The standard InChI is InChI=1S/C15H19N5/c16-14-5-8-18-15(19-14)11-20-9-1-2-13(10-20)12-3-6-17-7-4-12/h3-8,13H,1-2,9-11H2,(H2,16,18,19). The van der Waals surface area contributed by atoms with Crippen LogP contribution in [-0.4, -0.2) is 32.9 Å². The highest BCUT2D eigenvalue weighted by Gasteiger charge is 2.21. The first kappa shape index (κ1) is 13.0. The van der Waals surface area contributed by atoms with Crippen molar-refractivity contribution in [3.63, 3.8) is 0 Å². The van der Waals surface area contributed by atoms with E-state index in [0.29, 0.717) is 11.7 Å². The Balaban J connectivity index is 1.66. The first-order valence-electron chi connectivity index (χ1n) is 7.01. The second-order valence-corrected chi connectivity index (χ2v) is 5.25. The van der Waals surface area contributed by atoms with E-state index in [1.54, 1.807) is 12.3 Å². The topological polar surface area (TPSA) is 67.9 Å². The van der Waals surface area contributed by atoms with Crippen molar-refractivity contribution in [2.75, 3.05) is 18.8 Å². The van der Waals surface area contributed by atoms with Crippen molar-refractivity contribution in [3.05, 3.63) is 48.2 Å². The monoisotopic (exact) mass is 269 g/mol. The molecule has 5 nitrogen and oxygen atoms in total. The molecule has 1 unspecified atom stereocenters. The molecular formula is C15H19N5. The molecule has 2 N–H and O–H groups in total. The molecular weight excluding hydrogens is 250 g/mol. The quantitative estimate of drug-likeness (QED) is 0.920. The Morgan fingerprint density at radius 2 is 2.05 bits per heavy atom. The molecule has 0 amide bonds. The summed E-state index contributed by atoms with van der Waals surface area (Å²) < 4.78 is 0. The second-order valence-electron chi connectivity index (χ2n) is 5.25. The van der Waals surface area contributed by atoms with Gasteiger partial charge in [0, 0.05) is 25.1 Å². The van der Waals surface area contributed by atoms with Gasteiger partial charge in [-0.15, -0.1) is 0 Å². The van der Waals surface area contributed by atoms with Gasteiger partial charge in [-0.3, -0.25) is 9.88 Å². The first-order chi connectivity index (χ1) is 9.81. The number of nitrogens with zero attached hydrogens (tertiary/aromatic N) is 4. The molecule has 0 aromatic carbocycles. The number of pyridine rings is 1. The van der Waals surface area contributed by atoms with E-state index in [9.17, 15) is 0 Å². The number of likely N-dealkylation sites (tertiary alicyclic amines) is 1. The van der Waals surface area contributed by atoms with Gasteiger partial charge in [0.1, 0.15) is 11.6 Å². The van der Waals surface area contributed by atoms with Crippen LogP contribution in [0.3, 0.4) is 0 Å². The van der Waals surface area contributed by atoms with Gasteiger partial charge < -0.3 is 5.73 Å². The summed E-state index contributed by atoms with van der Waals surface area (Å²) in [4.78, 5) is 15.1. The highest BCUT2D eigenvalue weighted by atomic mass is 15.2. The normalized spacial score (nSPS) is 19.9. The minimum Gasteiger partial charge on any atom is -0.384 e. The van der Waals surface area contributed by atoms with E-state index in [4.69, 9.17) is 5.73 Å². The third-order valence-corrected chi connectivity index (χ3v) is 3.78. The number of hydrogen-bond acceptors (Lipinski definition) is 5. The van der Waals surface area contributed by atoms with E-state index in [-0.39, 0.29) is 0 Å². The molecule has 20 heavy (non-hydrogen) atoms. The van der Waals surface area contributed by atoms with Crippen LogP contribution in [0.4, 0.5) is 5.82 Å². The van der Waals surface area contributed by atoms with Crippen molar-refractivity contribution < 1.29 is 0 Å². The smallest absolute Gasteiger partial charge is 0.144 e. The van der Waals surface area contributed by atoms with Crippen LogP contribution >= 0.6 is 0 Å². The third-order valence-electron chi connectivity index (χ3n) is 3.78. The molecule has 1 fully saturated rings. The number of nitrogen functional groups attached to an aromatic ring is 1. The zero-order chi connectivity index (χ0) is 13.8. The molecule has 0 aliphatic carbocycles. The zero-order valence-corrected chi connectivity index (χ0v) is 11.4. The van der Waals surface area contributed by atoms with Crippen molar-refractivity contribution in [1.29, 1.82) is 0 Å². The molecule has 2 aromatic heterocycles. The summed E-state index contributed by atoms with van der Waals surface area (Å²) in [6.07, 6.45) is 7.90. The van der Waals surface area contributed by atoms with Crippen molar-refractivity contribution in [3.8, 4) is 0 Å². The first-order valence-corrected chi connectivity index (χ1v) is 7.01. The Hall–Kier alpha value is -2.01. The van der Waals surface area contributed by atoms with Crippen LogP contribution in [0.2, 0.25) is 0 Å². The van der Waals surface area contributed by atoms with Crippen LogP contribution in [0, 0.1) is 0 Å². The Morgan fingerprint density at radius 3 is 2.85 bits per heavy atom. The fraction of sp³-hybridized carbons (Fsp3) is 0.400. The van der Waals surface area contributed by atoms with Crippen molar-refractivity contribution in [2.24, 2.45) is 0 Å². The second kappa shape index (κ2) is 5.96. The Labute approximate surface area is 118 Å². The Bertz CT molecular complexity index is 557. The molecule has 5 heteroatoms. The maximum atomic E-state index is 5.71. The Kier molecular flexibility index (Phi) is 3.87. The molecule has 2 aromatic rings. The maximum Gasteiger partial charge on any atom is 0.144 e. The summed E-state index contributed by atoms with van der Waals surface area (Å²) >= 11 is 0. The molecule has 0 radical (unpaired) electrons. The number of anilines is 1. The Morgan fingerprint density at radius 1 is 1.20 bits per heavy atom. The van der Waals surface area contributed by atoms with Crippen LogP contribution in [0.1, 0.15) is 30.1 Å². The molecule has 1 aliphatic heterocycles. The molecule has 1 aliphatic rings. The average molecular weight is 269 g/mol. The van der Waals surface area contributed by atoms with Gasteiger partial charge in [-0.25, -0.2) is 9.97 Å². The SMILES string of the molecule is Nc1ccnc(CN2CCCC(c3ccncc3)C2)n1. The molecule has 104 valence electrons. The summed E-state index contributed by atoms with van der Waals surface area (Å²) in [7, 11) is 0. The minimum atomic E-state index is 0.540. The predicted octanol–water partition coefficient (Wildman–Crippen LogP) is 1.83. The minimum absolute atomic E-state index is 0.540. The predicted molar refractivity (Wildman–Crippen MR) is 77.9 cm³/mol. The summed E-state index contributed by atoms with van der Waals surface area (Å²) in [6.45, 7) is 2.91. The fourth-order valence-corrected chi connectivity index (χ4v) is 2.80. The third kappa shape index (κ3) is 3.11. The van der Waals surface area contributed by atoms with Crippen LogP contribution in [0.15, 0.2) is 36.8 Å². The van der Waals surface area contributed by atoms with E-state index in [2.05, 4.69) is 32.0 Å². The molecule has 3 heterocycles. The van der Waals surface area contributed by atoms with E-state index in [0.717, 1.165) is 25.5 Å². The van der Waals surface area contributed by atoms with E-state index in [1.807, 2.05) is 12.4 Å². The van der Waals surface area contributed by atoms with Crippen molar-refractivity contribution in [2.45, 2.75) is 25.3 Å². The molecule has 1 atom stereocenters. The lowest BCUT2D eigenvalue weighted by Crippen LogP contribution is -2.34. The summed E-state index contributed by atoms with van der Waals surface area (Å²) in [5.74, 6) is 1.92. The average Bonchev–Trinajstić information content (AvgIpc) is 2.48. The number of hydrogen-bond donors (Lipinski definition) is 1. The van der Waals surface area contributed by atoms with Crippen LogP contribution in [0.25, 0.3) is 0 Å². The van der Waals surface area contributed by atoms with E-state index >= 15 is 0 Å². The van der Waals surface area contributed by atoms with Gasteiger partial charge in [-0.2, -0.15) is 0 Å². The summed E-state index contributed by atoms with van der Waals surface area (Å²) in [6, 6.07) is 5.95. The van der Waals surface area contributed by atoms with Gasteiger partial charge >= 0.3 is 0 Å². The summed E-state index contributed by atoms with van der Waals surface area (Å²) in [5, 5.41) is 0. The van der Waals surface area contributed by atoms with Crippen LogP contribution < -0.4 is 5.73 Å². The van der Waals surface area contributed by atoms with Crippen LogP contribution in [-0.2, 0) is 6.54 Å². The number of nitrogens with two attached hydrogens (primary N) is 1. The van der Waals surface area contributed by atoms with Crippen molar-refractivity contribution in [1.82, 2.24) is 19.9 Å². The van der Waals surface area contributed by atoms with Crippen LogP contribution in [0.5, 0.6) is 0 Å². The summed E-state index contributed by atoms with van der Waals surface area (Å²) in [5.41, 5.74) is 7.08. The number of aromatic nitrogens is 3. The largest absolute Gasteiger partial charge is 0.384 e. The van der Waals surface area contributed by atoms with E-state index in [1.165, 1.54) is 18.4 Å². The highest BCUT2D eigenvalue weighted by Crippen LogP contribution is 2.26. The van der Waals surface area contributed by atoms with Gasteiger partial charge in [0.25, 0.3) is 0 Å². The van der Waals surface area contributed by atoms with E-state index < -0.39 is 0 Å². The molecule has 0 spiro atoms. The lowest BCUT2D eigenvalue weighted by Gasteiger charge is -2.32. The molecule has 0 saturated carbocycles. The van der Waals surface area contributed by atoms with Gasteiger partial charge in [0.2, 0.25) is 0 Å². The number of piperidine rings is 1. The van der Waals surface area contributed by atoms with Gasteiger partial charge in [0.05, 0.1) is 6.54 Å². The molecule has 0 bridgehead atoms. The van der Waals surface area contributed by atoms with Gasteiger partial charge in [-0.05, 0) is 49.1 Å². The molecule has 1 saturated heterocycles. The number of rotatable bonds is 3. The zero-order valence-electron chi connectivity index (χ0n) is 11.4. The lowest BCUT2D eigenvalue weighted by molar-refractivity contribution is 0.196.